The van der Waals surface area contributed by atoms with Crippen LogP contribution in [-0.4, -0.2) is 28.2 Å². The number of hydrogen-bond acceptors (Lipinski definition) is 6. The van der Waals surface area contributed by atoms with Crippen LogP contribution in [0.15, 0.2) is 77.2 Å². The van der Waals surface area contributed by atoms with Crippen LogP contribution in [0.1, 0.15) is 22.3 Å². The Bertz CT molecular complexity index is 1290. The molecule has 0 aliphatic rings. The minimum atomic E-state index is 0.251. The lowest BCUT2D eigenvalue weighted by atomic mass is 10.2. The van der Waals surface area contributed by atoms with Crippen molar-refractivity contribution in [3.05, 3.63) is 99.3 Å². The van der Waals surface area contributed by atoms with Gasteiger partial charge in [-0.25, -0.2) is 0 Å². The molecule has 0 saturated heterocycles. The Hall–Kier alpha value is -3.00. The molecular formula is C25H22Cl2N4O2S. The van der Waals surface area contributed by atoms with Gasteiger partial charge in [0, 0.05) is 26.9 Å². The normalized spacial score (nSPS) is 11.2. The number of benzene rings is 3. The highest BCUT2D eigenvalue weighted by Crippen LogP contribution is 2.32. The van der Waals surface area contributed by atoms with Gasteiger partial charge in [0.1, 0.15) is 12.9 Å². The first kappa shape index (κ1) is 24.1. The number of ether oxygens (including phenoxy) is 2. The van der Waals surface area contributed by atoms with Crippen LogP contribution >= 0.6 is 35.0 Å². The van der Waals surface area contributed by atoms with E-state index >= 15 is 0 Å². The maximum atomic E-state index is 6.30. The van der Waals surface area contributed by atoms with E-state index in [1.54, 1.807) is 48.2 Å². The molecule has 174 valence electrons. The van der Waals surface area contributed by atoms with Crippen molar-refractivity contribution < 1.29 is 9.47 Å². The van der Waals surface area contributed by atoms with E-state index in [4.69, 9.17) is 32.7 Å². The molecule has 4 aromatic rings. The van der Waals surface area contributed by atoms with Gasteiger partial charge < -0.3 is 9.47 Å². The summed E-state index contributed by atoms with van der Waals surface area (Å²) < 4.78 is 13.2. The first-order valence-corrected chi connectivity index (χ1v) is 12.1. The molecular weight excluding hydrogens is 491 g/mol. The van der Waals surface area contributed by atoms with E-state index in [1.165, 1.54) is 11.1 Å². The highest BCUT2D eigenvalue weighted by Gasteiger charge is 2.12. The third-order valence-electron chi connectivity index (χ3n) is 4.93. The standard InChI is InChI=1S/C25H22Cl2N4O2S/c1-17-6-8-18(9-7-17)15-34-25-30-28-16-31(25)29-13-19-4-3-5-23(32-2)24(19)33-14-20-10-11-21(26)12-22(20)27/h3-13,16H,14-15H2,1-2H3/b29-13-. The Morgan fingerprint density at radius 3 is 2.68 bits per heavy atom. The van der Waals surface area contributed by atoms with Gasteiger partial charge in [-0.3, -0.25) is 0 Å². The van der Waals surface area contributed by atoms with Crippen molar-refractivity contribution in [3.8, 4) is 11.5 Å². The molecule has 1 aromatic heterocycles. The minimum Gasteiger partial charge on any atom is -0.493 e. The van der Waals surface area contributed by atoms with Crippen LogP contribution in [0, 0.1) is 6.92 Å². The van der Waals surface area contributed by atoms with Gasteiger partial charge in [-0.2, -0.15) is 9.78 Å². The van der Waals surface area contributed by atoms with Crippen molar-refractivity contribution in [1.29, 1.82) is 0 Å². The number of rotatable bonds is 9. The van der Waals surface area contributed by atoms with Gasteiger partial charge in [0.25, 0.3) is 0 Å². The van der Waals surface area contributed by atoms with Crippen LogP contribution in [0.4, 0.5) is 0 Å². The molecule has 0 spiro atoms. The van der Waals surface area contributed by atoms with E-state index < -0.39 is 0 Å². The van der Waals surface area contributed by atoms with Crippen molar-refractivity contribution in [1.82, 2.24) is 14.9 Å². The van der Waals surface area contributed by atoms with Crippen LogP contribution in [-0.2, 0) is 12.4 Å². The molecule has 0 bridgehead atoms. The SMILES string of the molecule is COc1cccc(/C=N\n2cnnc2SCc2ccc(C)cc2)c1OCc1ccc(Cl)cc1Cl. The molecule has 3 aromatic carbocycles. The van der Waals surface area contributed by atoms with Gasteiger partial charge in [0.2, 0.25) is 5.16 Å². The lowest BCUT2D eigenvalue weighted by Gasteiger charge is -2.14. The summed E-state index contributed by atoms with van der Waals surface area (Å²) in [6.45, 7) is 2.32. The van der Waals surface area contributed by atoms with Crippen LogP contribution in [0.3, 0.4) is 0 Å². The van der Waals surface area contributed by atoms with Crippen molar-refractivity contribution in [2.75, 3.05) is 7.11 Å². The number of methoxy groups -OCH3 is 1. The zero-order valence-corrected chi connectivity index (χ0v) is 20.9. The number of aryl methyl sites for hydroxylation is 1. The van der Waals surface area contributed by atoms with Crippen molar-refractivity contribution in [2.24, 2.45) is 5.10 Å². The number of para-hydroxylation sites is 1. The second-order valence-electron chi connectivity index (χ2n) is 7.38. The molecule has 1 heterocycles. The zero-order chi connectivity index (χ0) is 23.9. The third-order valence-corrected chi connectivity index (χ3v) is 6.52. The molecule has 0 amide bonds. The molecule has 0 aliphatic heterocycles. The highest BCUT2D eigenvalue weighted by atomic mass is 35.5. The van der Waals surface area contributed by atoms with E-state index in [0.717, 1.165) is 16.9 Å². The largest absolute Gasteiger partial charge is 0.493 e. The number of hydrogen-bond donors (Lipinski definition) is 0. The summed E-state index contributed by atoms with van der Waals surface area (Å²) in [5.41, 5.74) is 4.00. The first-order chi connectivity index (χ1) is 16.5. The van der Waals surface area contributed by atoms with Gasteiger partial charge in [-0.1, -0.05) is 76.9 Å². The Labute approximate surface area is 212 Å². The molecule has 4 rings (SSSR count). The first-order valence-electron chi connectivity index (χ1n) is 10.4. The van der Waals surface area contributed by atoms with E-state index in [1.807, 2.05) is 24.3 Å². The molecule has 0 N–H and O–H groups in total. The van der Waals surface area contributed by atoms with E-state index in [9.17, 15) is 0 Å². The second-order valence-corrected chi connectivity index (χ2v) is 9.17. The van der Waals surface area contributed by atoms with Crippen molar-refractivity contribution in [3.63, 3.8) is 0 Å². The Balaban J connectivity index is 1.51. The van der Waals surface area contributed by atoms with Gasteiger partial charge in [-0.15, -0.1) is 10.2 Å². The third kappa shape index (κ3) is 6.11. The molecule has 0 aliphatic carbocycles. The lowest BCUT2D eigenvalue weighted by molar-refractivity contribution is 0.284. The summed E-state index contributed by atoms with van der Waals surface area (Å²) in [6, 6.07) is 19.3. The highest BCUT2D eigenvalue weighted by molar-refractivity contribution is 7.98. The van der Waals surface area contributed by atoms with Gasteiger partial charge in [0.05, 0.1) is 13.3 Å². The van der Waals surface area contributed by atoms with Gasteiger partial charge in [-0.05, 0) is 36.8 Å². The van der Waals surface area contributed by atoms with Crippen molar-refractivity contribution in [2.45, 2.75) is 24.4 Å². The van der Waals surface area contributed by atoms with Crippen LogP contribution in [0.2, 0.25) is 10.0 Å². The summed E-state index contributed by atoms with van der Waals surface area (Å²) in [4.78, 5) is 0. The fourth-order valence-electron chi connectivity index (χ4n) is 3.09. The predicted octanol–water partition coefficient (Wildman–Crippen LogP) is 6.66. The molecule has 34 heavy (non-hydrogen) atoms. The number of aromatic nitrogens is 3. The summed E-state index contributed by atoms with van der Waals surface area (Å²) in [7, 11) is 1.60. The minimum absolute atomic E-state index is 0.251. The summed E-state index contributed by atoms with van der Waals surface area (Å²) in [5, 5.41) is 14.5. The van der Waals surface area contributed by atoms with E-state index in [0.29, 0.717) is 26.7 Å². The maximum Gasteiger partial charge on any atom is 0.212 e. The number of halogens is 2. The predicted molar refractivity (Wildman–Crippen MR) is 138 cm³/mol. The average Bonchev–Trinajstić information content (AvgIpc) is 3.29. The zero-order valence-electron chi connectivity index (χ0n) is 18.6. The molecule has 0 unspecified atom stereocenters. The van der Waals surface area contributed by atoms with Crippen LogP contribution < -0.4 is 9.47 Å². The fraction of sp³-hybridized carbons (Fsp3) is 0.160. The molecule has 9 heteroatoms. The molecule has 6 nitrogen and oxygen atoms in total. The summed E-state index contributed by atoms with van der Waals surface area (Å²) in [5.74, 6) is 1.91. The number of thioether (sulfide) groups is 1. The second kappa shape index (κ2) is 11.4. The Morgan fingerprint density at radius 1 is 1.09 bits per heavy atom. The fourth-order valence-corrected chi connectivity index (χ4v) is 4.37. The van der Waals surface area contributed by atoms with Crippen molar-refractivity contribution >= 4 is 41.2 Å². The Morgan fingerprint density at radius 2 is 1.91 bits per heavy atom. The smallest absolute Gasteiger partial charge is 0.212 e. The quantitative estimate of drug-likeness (QED) is 0.185. The number of nitrogens with zero attached hydrogens (tertiary/aromatic N) is 4. The molecule has 0 radical (unpaired) electrons. The molecule has 0 fully saturated rings. The molecule has 0 atom stereocenters. The summed E-state index contributed by atoms with van der Waals surface area (Å²) >= 11 is 13.9. The van der Waals surface area contributed by atoms with Crippen LogP contribution in [0.5, 0.6) is 11.5 Å². The van der Waals surface area contributed by atoms with E-state index in [-0.39, 0.29) is 6.61 Å². The Kier molecular flexibility index (Phi) is 8.11. The van der Waals surface area contributed by atoms with Gasteiger partial charge in [0.15, 0.2) is 11.5 Å². The van der Waals surface area contributed by atoms with E-state index in [2.05, 4.69) is 46.5 Å². The monoisotopic (exact) mass is 512 g/mol. The topological polar surface area (TPSA) is 61.5 Å². The average molecular weight is 513 g/mol. The maximum absolute atomic E-state index is 6.30. The molecule has 0 saturated carbocycles. The lowest BCUT2D eigenvalue weighted by Crippen LogP contribution is -2.02. The summed E-state index contributed by atoms with van der Waals surface area (Å²) in [6.07, 6.45) is 3.27. The van der Waals surface area contributed by atoms with Crippen LogP contribution in [0.25, 0.3) is 0 Å². The van der Waals surface area contributed by atoms with Gasteiger partial charge >= 0.3 is 0 Å².